The van der Waals surface area contributed by atoms with Gasteiger partial charge in [0.15, 0.2) is 0 Å². The molecule has 8 heteroatoms. The normalized spacial score (nSPS) is 18.3. The van der Waals surface area contributed by atoms with Gasteiger partial charge in [0, 0.05) is 23.6 Å². The van der Waals surface area contributed by atoms with Gasteiger partial charge < -0.3 is 4.42 Å². The molecule has 1 aromatic carbocycles. The quantitative estimate of drug-likeness (QED) is 0.411. The van der Waals surface area contributed by atoms with E-state index < -0.39 is 23.8 Å². The summed E-state index contributed by atoms with van der Waals surface area (Å²) in [6.07, 6.45) is 4.43. The van der Waals surface area contributed by atoms with Crippen LogP contribution in [0.4, 0.5) is 5.69 Å². The van der Waals surface area contributed by atoms with Crippen LogP contribution in [-0.2, 0) is 9.59 Å². The zero-order chi connectivity index (χ0) is 19.5. The van der Waals surface area contributed by atoms with Gasteiger partial charge in [0.25, 0.3) is 11.8 Å². The first-order valence-electron chi connectivity index (χ1n) is 8.58. The fraction of sp³-hybridized carbons (Fsp3) is 0.100. The van der Waals surface area contributed by atoms with Crippen LogP contribution in [0.25, 0.3) is 0 Å². The number of hydrogen-bond donors (Lipinski definition) is 2. The molecule has 2 atom stereocenters. The van der Waals surface area contributed by atoms with Crippen molar-refractivity contribution < 1.29 is 18.8 Å². The molecule has 1 fully saturated rings. The lowest BCUT2D eigenvalue weighted by molar-refractivity contribution is -0.142. The maximum Gasteiger partial charge on any atom is 0.269 e. The number of hydrogen-bond acceptors (Lipinski definition) is 5. The second-order valence-electron chi connectivity index (χ2n) is 6.16. The Kier molecular flexibility index (Phi) is 4.59. The van der Waals surface area contributed by atoms with E-state index in [1.165, 1.54) is 35.7 Å². The zero-order valence-corrected chi connectivity index (χ0v) is 14.6. The van der Waals surface area contributed by atoms with E-state index in [-0.39, 0.29) is 5.91 Å². The van der Waals surface area contributed by atoms with Crippen molar-refractivity contribution >= 4 is 23.4 Å². The number of pyridine rings is 1. The Hall–Kier alpha value is -3.94. The van der Waals surface area contributed by atoms with Gasteiger partial charge in [0.2, 0.25) is 5.91 Å². The fourth-order valence-electron chi connectivity index (χ4n) is 3.14. The van der Waals surface area contributed by atoms with E-state index in [1.807, 2.05) is 18.2 Å². The Morgan fingerprint density at radius 3 is 2.39 bits per heavy atom. The standard InChI is InChI=1S/C20H16N4O4/c25-18(13-8-10-21-11-9-13)22-23-19(26)16-17(15-7-4-12-28-15)24(20(16)27)14-5-2-1-3-6-14/h1-12,16-17H,(H,22,25)(H,23,26)/t16-,17+/m1/s1. The monoisotopic (exact) mass is 376 g/mol. The number of para-hydroxylation sites is 1. The molecule has 0 unspecified atom stereocenters. The lowest BCUT2D eigenvalue weighted by Gasteiger charge is -2.44. The highest BCUT2D eigenvalue weighted by molar-refractivity contribution is 6.15. The first kappa shape index (κ1) is 17.5. The topological polar surface area (TPSA) is 105 Å². The Labute approximate surface area is 160 Å². The number of aromatic nitrogens is 1. The van der Waals surface area contributed by atoms with E-state index in [1.54, 1.807) is 24.3 Å². The molecule has 2 aromatic heterocycles. The first-order valence-corrected chi connectivity index (χ1v) is 8.58. The molecule has 0 spiro atoms. The van der Waals surface area contributed by atoms with Crippen LogP contribution >= 0.6 is 0 Å². The molecule has 1 aliphatic rings. The number of nitrogens with one attached hydrogen (secondary N) is 2. The molecule has 8 nitrogen and oxygen atoms in total. The van der Waals surface area contributed by atoms with Crippen LogP contribution in [0.15, 0.2) is 77.7 Å². The van der Waals surface area contributed by atoms with E-state index in [4.69, 9.17) is 4.42 Å². The Morgan fingerprint density at radius 1 is 0.964 bits per heavy atom. The number of anilines is 1. The molecule has 4 rings (SSSR count). The molecule has 3 heterocycles. The highest BCUT2D eigenvalue weighted by Crippen LogP contribution is 2.43. The first-order chi connectivity index (χ1) is 13.7. The Morgan fingerprint density at radius 2 is 1.71 bits per heavy atom. The minimum Gasteiger partial charge on any atom is -0.467 e. The van der Waals surface area contributed by atoms with E-state index >= 15 is 0 Å². The van der Waals surface area contributed by atoms with Gasteiger partial charge >= 0.3 is 0 Å². The maximum absolute atomic E-state index is 12.7. The van der Waals surface area contributed by atoms with E-state index in [0.29, 0.717) is 17.0 Å². The number of amides is 3. The predicted octanol–water partition coefficient (Wildman–Crippen LogP) is 1.84. The van der Waals surface area contributed by atoms with Crippen LogP contribution < -0.4 is 15.8 Å². The smallest absolute Gasteiger partial charge is 0.269 e. The van der Waals surface area contributed by atoms with Crippen molar-refractivity contribution in [3.63, 3.8) is 0 Å². The number of rotatable bonds is 4. The Bertz CT molecular complexity index is 990. The van der Waals surface area contributed by atoms with Crippen LogP contribution in [0.2, 0.25) is 0 Å². The molecule has 1 saturated heterocycles. The second-order valence-corrected chi connectivity index (χ2v) is 6.16. The fourth-order valence-corrected chi connectivity index (χ4v) is 3.14. The van der Waals surface area contributed by atoms with Gasteiger partial charge in [0.1, 0.15) is 17.7 Å². The highest BCUT2D eigenvalue weighted by Gasteiger charge is 2.54. The van der Waals surface area contributed by atoms with Gasteiger partial charge in [-0.15, -0.1) is 0 Å². The summed E-state index contributed by atoms with van der Waals surface area (Å²) in [7, 11) is 0. The van der Waals surface area contributed by atoms with Gasteiger partial charge in [-0.25, -0.2) is 0 Å². The third-order valence-corrected chi connectivity index (χ3v) is 4.49. The lowest BCUT2D eigenvalue weighted by Crippen LogP contribution is -2.62. The molecule has 0 aliphatic carbocycles. The summed E-state index contributed by atoms with van der Waals surface area (Å²) in [5.41, 5.74) is 5.65. The number of nitrogens with zero attached hydrogens (tertiary/aromatic N) is 2. The number of benzene rings is 1. The van der Waals surface area contributed by atoms with Crippen LogP contribution in [0, 0.1) is 5.92 Å². The number of furan rings is 1. The van der Waals surface area contributed by atoms with Crippen molar-refractivity contribution in [2.24, 2.45) is 5.92 Å². The minimum absolute atomic E-state index is 0.337. The molecule has 0 radical (unpaired) electrons. The molecule has 2 N–H and O–H groups in total. The molecule has 0 saturated carbocycles. The summed E-state index contributed by atoms with van der Waals surface area (Å²) in [4.78, 5) is 42.8. The molecular formula is C20H16N4O4. The lowest BCUT2D eigenvalue weighted by atomic mass is 9.84. The van der Waals surface area contributed by atoms with Crippen LogP contribution in [0.1, 0.15) is 22.2 Å². The van der Waals surface area contributed by atoms with Crippen molar-refractivity contribution in [2.75, 3.05) is 4.90 Å². The van der Waals surface area contributed by atoms with Crippen molar-refractivity contribution in [1.82, 2.24) is 15.8 Å². The summed E-state index contributed by atoms with van der Waals surface area (Å²) >= 11 is 0. The maximum atomic E-state index is 12.7. The largest absolute Gasteiger partial charge is 0.467 e. The van der Waals surface area contributed by atoms with E-state index in [9.17, 15) is 14.4 Å². The van der Waals surface area contributed by atoms with E-state index in [2.05, 4.69) is 15.8 Å². The third kappa shape index (κ3) is 3.11. The summed E-state index contributed by atoms with van der Waals surface area (Å²) in [5, 5.41) is 0. The van der Waals surface area contributed by atoms with Crippen molar-refractivity contribution in [3.8, 4) is 0 Å². The van der Waals surface area contributed by atoms with Gasteiger partial charge in [-0.2, -0.15) is 0 Å². The Balaban J connectivity index is 1.51. The minimum atomic E-state index is -1.01. The number of β-lactam (4-membered cyclic amide) rings is 1. The highest BCUT2D eigenvalue weighted by atomic mass is 16.3. The van der Waals surface area contributed by atoms with Gasteiger partial charge in [-0.3, -0.25) is 35.1 Å². The van der Waals surface area contributed by atoms with Crippen molar-refractivity contribution in [3.05, 3.63) is 84.6 Å². The number of hydrazine groups is 1. The average Bonchev–Trinajstić information content (AvgIpc) is 3.25. The molecular weight excluding hydrogens is 360 g/mol. The molecule has 3 amide bonds. The van der Waals surface area contributed by atoms with Gasteiger partial charge in [-0.05, 0) is 36.4 Å². The summed E-state index contributed by atoms with van der Waals surface area (Å²) in [5.74, 6) is -2.01. The summed E-state index contributed by atoms with van der Waals surface area (Å²) in [6, 6.07) is 14.9. The summed E-state index contributed by atoms with van der Waals surface area (Å²) < 4.78 is 5.44. The second kappa shape index (κ2) is 7.36. The molecule has 3 aromatic rings. The van der Waals surface area contributed by atoms with Gasteiger partial charge in [0.05, 0.1) is 6.26 Å². The molecule has 28 heavy (non-hydrogen) atoms. The van der Waals surface area contributed by atoms with Gasteiger partial charge in [-0.1, -0.05) is 18.2 Å². The number of carbonyl (C=O) groups is 3. The summed E-state index contributed by atoms with van der Waals surface area (Å²) in [6.45, 7) is 0. The molecule has 0 bridgehead atoms. The van der Waals surface area contributed by atoms with Crippen molar-refractivity contribution in [1.29, 1.82) is 0 Å². The SMILES string of the molecule is O=C(NNC(=O)[C@@H]1C(=O)N(c2ccccc2)[C@H]1c1ccco1)c1ccncc1. The van der Waals surface area contributed by atoms with Crippen LogP contribution in [0.3, 0.4) is 0 Å². The molecule has 140 valence electrons. The van der Waals surface area contributed by atoms with Crippen LogP contribution in [0.5, 0.6) is 0 Å². The average molecular weight is 376 g/mol. The third-order valence-electron chi connectivity index (χ3n) is 4.49. The van der Waals surface area contributed by atoms with E-state index in [0.717, 1.165) is 0 Å². The predicted molar refractivity (Wildman–Crippen MR) is 98.7 cm³/mol. The van der Waals surface area contributed by atoms with Crippen molar-refractivity contribution in [2.45, 2.75) is 6.04 Å². The van der Waals surface area contributed by atoms with Crippen LogP contribution in [-0.4, -0.2) is 22.7 Å². The number of carbonyl (C=O) groups excluding carboxylic acids is 3. The zero-order valence-electron chi connectivity index (χ0n) is 14.6. The molecule has 1 aliphatic heterocycles.